The lowest BCUT2D eigenvalue weighted by molar-refractivity contribution is 0.628. The second-order valence-corrected chi connectivity index (χ2v) is 6.51. The summed E-state index contributed by atoms with van der Waals surface area (Å²) in [6, 6.07) is 14.1. The Balaban J connectivity index is 1.84. The fraction of sp³-hybridized carbons (Fsp3) is 0. The van der Waals surface area contributed by atoms with Crippen molar-refractivity contribution in [3.63, 3.8) is 0 Å². The Morgan fingerprint density at radius 3 is 2.59 bits per heavy atom. The van der Waals surface area contributed by atoms with E-state index in [0.29, 0.717) is 10.8 Å². The van der Waals surface area contributed by atoms with Crippen LogP contribution in [-0.4, -0.2) is 19.8 Å². The molecular weight excluding hydrogens is 367 g/mol. The van der Waals surface area contributed by atoms with Gasteiger partial charge in [-0.1, -0.05) is 39.4 Å². The average Bonchev–Trinajstić information content (AvgIpc) is 3.08. The third-order valence-electron chi connectivity index (χ3n) is 3.16. The van der Waals surface area contributed by atoms with Gasteiger partial charge >= 0.3 is 0 Å². The maximum Gasteiger partial charge on any atom is 0.235 e. The Morgan fingerprint density at radius 2 is 1.82 bits per heavy atom. The summed E-state index contributed by atoms with van der Waals surface area (Å²) in [6.07, 6.45) is 0. The van der Waals surface area contributed by atoms with Crippen LogP contribution in [0.15, 0.2) is 53.0 Å². The molecular formula is C15H8BrFN4S. The number of fused-ring (bicyclic) bond motifs is 1. The molecule has 0 saturated carbocycles. The van der Waals surface area contributed by atoms with Gasteiger partial charge in [0.25, 0.3) is 0 Å². The molecule has 0 unspecified atom stereocenters. The molecule has 4 aromatic rings. The predicted octanol–water partition coefficient (Wildman–Crippen LogP) is 4.42. The molecule has 0 N–H and O–H groups in total. The summed E-state index contributed by atoms with van der Waals surface area (Å²) in [7, 11) is 0. The standard InChI is InChI=1S/C15H8BrFN4S/c16-11-3-1-2-10(8-11)14-20-21-13(18-19-15(21)22-14)9-4-6-12(17)7-5-9/h1-8H. The maximum absolute atomic E-state index is 13.0. The lowest BCUT2D eigenvalue weighted by atomic mass is 10.2. The summed E-state index contributed by atoms with van der Waals surface area (Å²) in [6.45, 7) is 0. The van der Waals surface area contributed by atoms with Gasteiger partial charge in [-0.2, -0.15) is 9.61 Å². The van der Waals surface area contributed by atoms with Gasteiger partial charge in [0.05, 0.1) is 0 Å². The van der Waals surface area contributed by atoms with E-state index in [1.54, 1.807) is 16.6 Å². The molecule has 22 heavy (non-hydrogen) atoms. The number of benzene rings is 2. The molecule has 0 aliphatic carbocycles. The Labute approximate surface area is 137 Å². The molecule has 0 fully saturated rings. The van der Waals surface area contributed by atoms with Crippen molar-refractivity contribution in [1.82, 2.24) is 19.8 Å². The fourth-order valence-electron chi connectivity index (χ4n) is 2.13. The zero-order valence-corrected chi connectivity index (χ0v) is 13.5. The molecule has 0 atom stereocenters. The quantitative estimate of drug-likeness (QED) is 0.521. The van der Waals surface area contributed by atoms with Gasteiger partial charge < -0.3 is 0 Å². The second-order valence-electron chi connectivity index (χ2n) is 4.64. The second kappa shape index (κ2) is 5.26. The Morgan fingerprint density at radius 1 is 1.00 bits per heavy atom. The fourth-order valence-corrected chi connectivity index (χ4v) is 3.37. The summed E-state index contributed by atoms with van der Waals surface area (Å²) in [5, 5.41) is 13.7. The lowest BCUT2D eigenvalue weighted by Gasteiger charge is -1.97. The van der Waals surface area contributed by atoms with Crippen LogP contribution in [0.5, 0.6) is 0 Å². The molecule has 0 aliphatic heterocycles. The highest BCUT2D eigenvalue weighted by molar-refractivity contribution is 9.10. The van der Waals surface area contributed by atoms with E-state index in [2.05, 4.69) is 31.2 Å². The van der Waals surface area contributed by atoms with Crippen molar-refractivity contribution in [2.45, 2.75) is 0 Å². The molecule has 0 radical (unpaired) electrons. The first kappa shape index (κ1) is 13.5. The summed E-state index contributed by atoms with van der Waals surface area (Å²) in [5.74, 6) is 0.324. The van der Waals surface area contributed by atoms with E-state index < -0.39 is 0 Å². The highest BCUT2D eigenvalue weighted by Crippen LogP contribution is 2.29. The van der Waals surface area contributed by atoms with E-state index in [4.69, 9.17) is 0 Å². The van der Waals surface area contributed by atoms with E-state index >= 15 is 0 Å². The highest BCUT2D eigenvalue weighted by Gasteiger charge is 2.14. The number of nitrogens with zero attached hydrogens (tertiary/aromatic N) is 4. The van der Waals surface area contributed by atoms with Gasteiger partial charge in [-0.3, -0.25) is 0 Å². The van der Waals surface area contributed by atoms with Gasteiger partial charge in [-0.15, -0.1) is 10.2 Å². The topological polar surface area (TPSA) is 43.1 Å². The summed E-state index contributed by atoms with van der Waals surface area (Å²) < 4.78 is 15.7. The van der Waals surface area contributed by atoms with Crippen molar-refractivity contribution in [2.24, 2.45) is 0 Å². The minimum absolute atomic E-state index is 0.280. The molecule has 2 aromatic carbocycles. The molecule has 0 aliphatic rings. The molecule has 4 nitrogen and oxygen atoms in total. The average molecular weight is 375 g/mol. The third-order valence-corrected chi connectivity index (χ3v) is 4.61. The first-order valence-electron chi connectivity index (χ1n) is 6.45. The molecule has 0 amide bonds. The van der Waals surface area contributed by atoms with E-state index in [0.717, 1.165) is 20.6 Å². The summed E-state index contributed by atoms with van der Waals surface area (Å²) in [4.78, 5) is 0.703. The number of halogens is 2. The Bertz CT molecular complexity index is 961. The van der Waals surface area contributed by atoms with Crippen LogP contribution in [0, 0.1) is 5.82 Å². The van der Waals surface area contributed by atoms with Crippen molar-refractivity contribution in [3.05, 3.63) is 58.8 Å². The molecule has 4 rings (SSSR count). The van der Waals surface area contributed by atoms with Crippen LogP contribution in [0.1, 0.15) is 0 Å². The number of hydrogen-bond donors (Lipinski definition) is 0. The van der Waals surface area contributed by atoms with Crippen LogP contribution in [0.25, 0.3) is 26.9 Å². The van der Waals surface area contributed by atoms with E-state index in [9.17, 15) is 4.39 Å². The van der Waals surface area contributed by atoms with Crippen molar-refractivity contribution >= 4 is 32.2 Å². The first-order valence-corrected chi connectivity index (χ1v) is 8.06. The van der Waals surface area contributed by atoms with Crippen LogP contribution in [0.4, 0.5) is 4.39 Å². The van der Waals surface area contributed by atoms with E-state index in [1.807, 2.05) is 24.3 Å². The van der Waals surface area contributed by atoms with Crippen molar-refractivity contribution in [1.29, 1.82) is 0 Å². The van der Waals surface area contributed by atoms with Gasteiger partial charge in [0.1, 0.15) is 10.8 Å². The SMILES string of the molecule is Fc1ccc(-c2nnc3sc(-c4cccc(Br)c4)nn23)cc1. The number of aromatic nitrogens is 4. The Hall–Kier alpha value is -2.12. The largest absolute Gasteiger partial charge is 0.235 e. The van der Waals surface area contributed by atoms with Crippen LogP contribution < -0.4 is 0 Å². The minimum Gasteiger partial charge on any atom is -0.207 e. The maximum atomic E-state index is 13.0. The molecule has 2 heterocycles. The zero-order valence-electron chi connectivity index (χ0n) is 11.1. The summed E-state index contributed by atoms with van der Waals surface area (Å²) in [5.41, 5.74) is 1.79. The molecule has 0 spiro atoms. The number of rotatable bonds is 2. The zero-order chi connectivity index (χ0) is 15.1. The molecule has 2 aromatic heterocycles. The monoisotopic (exact) mass is 374 g/mol. The van der Waals surface area contributed by atoms with Gasteiger partial charge in [-0.05, 0) is 36.4 Å². The smallest absolute Gasteiger partial charge is 0.207 e. The van der Waals surface area contributed by atoms with Gasteiger partial charge in [0.2, 0.25) is 4.96 Å². The third kappa shape index (κ3) is 2.32. The summed E-state index contributed by atoms with van der Waals surface area (Å²) >= 11 is 4.92. The van der Waals surface area contributed by atoms with Crippen molar-refractivity contribution in [3.8, 4) is 22.0 Å². The normalized spacial score (nSPS) is 11.2. The van der Waals surface area contributed by atoms with Gasteiger partial charge in [0, 0.05) is 15.6 Å². The van der Waals surface area contributed by atoms with Crippen LogP contribution in [0.3, 0.4) is 0 Å². The predicted molar refractivity (Wildman–Crippen MR) is 87.2 cm³/mol. The minimum atomic E-state index is -0.280. The molecule has 0 bridgehead atoms. The van der Waals surface area contributed by atoms with Crippen molar-refractivity contribution in [2.75, 3.05) is 0 Å². The molecule has 108 valence electrons. The first-order chi connectivity index (χ1) is 10.7. The molecule has 7 heteroatoms. The van der Waals surface area contributed by atoms with E-state index in [1.165, 1.54) is 23.5 Å². The van der Waals surface area contributed by atoms with Crippen LogP contribution in [0.2, 0.25) is 0 Å². The van der Waals surface area contributed by atoms with Crippen LogP contribution >= 0.6 is 27.3 Å². The van der Waals surface area contributed by atoms with Crippen molar-refractivity contribution < 1.29 is 4.39 Å². The molecule has 0 saturated heterocycles. The Kier molecular flexibility index (Phi) is 3.24. The van der Waals surface area contributed by atoms with Gasteiger partial charge in [-0.25, -0.2) is 4.39 Å². The highest BCUT2D eigenvalue weighted by atomic mass is 79.9. The van der Waals surface area contributed by atoms with E-state index in [-0.39, 0.29) is 5.82 Å². The van der Waals surface area contributed by atoms with Gasteiger partial charge in [0.15, 0.2) is 5.82 Å². The van der Waals surface area contributed by atoms with Crippen LogP contribution in [-0.2, 0) is 0 Å². The lowest BCUT2D eigenvalue weighted by Crippen LogP contribution is -1.91. The number of hydrogen-bond acceptors (Lipinski definition) is 4.